The third-order valence-electron chi connectivity index (χ3n) is 4.37. The van der Waals surface area contributed by atoms with Gasteiger partial charge in [-0.15, -0.1) is 6.58 Å². The van der Waals surface area contributed by atoms with Crippen molar-refractivity contribution in [3.63, 3.8) is 0 Å². The highest BCUT2D eigenvalue weighted by molar-refractivity contribution is 6.32. The standard InChI is InChI=1S/C21H18ClN5O2/c1-3-10-27-17(20-23-15-6-4-5-7-16(15)24-20)12-19(26-27)25-21(28)13-8-9-18(29-2)14(22)11-13/h3-9,11-12H,1,10H2,2H3,(H,23,24)(H,25,26,28). The predicted octanol–water partition coefficient (Wildman–Crippen LogP) is 4.53. The summed E-state index contributed by atoms with van der Waals surface area (Å²) in [5.41, 5.74) is 2.92. The van der Waals surface area contributed by atoms with Gasteiger partial charge in [0.2, 0.25) is 0 Å². The Kier molecular flexibility index (Phi) is 5.05. The predicted molar refractivity (Wildman–Crippen MR) is 113 cm³/mol. The van der Waals surface area contributed by atoms with Gasteiger partial charge >= 0.3 is 0 Å². The van der Waals surface area contributed by atoms with E-state index in [1.807, 2.05) is 24.3 Å². The summed E-state index contributed by atoms with van der Waals surface area (Å²) in [5, 5.41) is 7.62. The van der Waals surface area contributed by atoms with Crippen LogP contribution in [0.25, 0.3) is 22.6 Å². The zero-order chi connectivity index (χ0) is 20.4. The maximum Gasteiger partial charge on any atom is 0.256 e. The van der Waals surface area contributed by atoms with E-state index in [2.05, 4.69) is 27.0 Å². The van der Waals surface area contributed by atoms with Crippen LogP contribution in [0.4, 0.5) is 5.82 Å². The maximum absolute atomic E-state index is 12.6. The Morgan fingerprint density at radius 2 is 2.14 bits per heavy atom. The number of allylic oxidation sites excluding steroid dienone is 1. The summed E-state index contributed by atoms with van der Waals surface area (Å²) in [5.74, 6) is 1.24. The average molecular weight is 408 g/mol. The fourth-order valence-corrected chi connectivity index (χ4v) is 3.26. The number of fused-ring (bicyclic) bond motifs is 1. The van der Waals surface area contributed by atoms with Crippen LogP contribution in [-0.4, -0.2) is 32.8 Å². The number of imidazole rings is 1. The number of para-hydroxylation sites is 2. The fraction of sp³-hybridized carbons (Fsp3) is 0.0952. The number of benzene rings is 2. The molecule has 0 atom stereocenters. The molecule has 2 N–H and O–H groups in total. The quantitative estimate of drug-likeness (QED) is 0.460. The van der Waals surface area contributed by atoms with Gasteiger partial charge in [-0.05, 0) is 30.3 Å². The second-order valence-electron chi connectivity index (χ2n) is 6.29. The molecule has 2 heterocycles. The number of aromatic nitrogens is 4. The molecule has 0 spiro atoms. The van der Waals surface area contributed by atoms with Gasteiger partial charge in [0.15, 0.2) is 11.6 Å². The number of aromatic amines is 1. The molecular formula is C21H18ClN5O2. The molecule has 146 valence electrons. The minimum atomic E-state index is -0.325. The highest BCUT2D eigenvalue weighted by Crippen LogP contribution is 2.26. The number of rotatable bonds is 6. The van der Waals surface area contributed by atoms with E-state index in [-0.39, 0.29) is 5.91 Å². The first kappa shape index (κ1) is 18.8. The molecule has 0 aliphatic rings. The number of ether oxygens (including phenoxy) is 1. The molecule has 0 radical (unpaired) electrons. The topological polar surface area (TPSA) is 84.8 Å². The molecule has 0 saturated carbocycles. The molecule has 0 aliphatic heterocycles. The van der Waals surface area contributed by atoms with Crippen LogP contribution in [-0.2, 0) is 6.54 Å². The number of nitrogens with zero attached hydrogens (tertiary/aromatic N) is 3. The van der Waals surface area contributed by atoms with Crippen molar-refractivity contribution in [3.8, 4) is 17.3 Å². The number of H-pyrrole nitrogens is 1. The van der Waals surface area contributed by atoms with E-state index in [9.17, 15) is 4.79 Å². The highest BCUT2D eigenvalue weighted by Gasteiger charge is 2.16. The van der Waals surface area contributed by atoms with Crippen LogP contribution in [0.2, 0.25) is 5.02 Å². The maximum atomic E-state index is 12.6. The van der Waals surface area contributed by atoms with Crippen molar-refractivity contribution in [1.29, 1.82) is 0 Å². The number of hydrogen-bond acceptors (Lipinski definition) is 4. The summed E-state index contributed by atoms with van der Waals surface area (Å²) in [7, 11) is 1.52. The van der Waals surface area contributed by atoms with E-state index in [0.717, 1.165) is 16.7 Å². The van der Waals surface area contributed by atoms with E-state index in [1.54, 1.807) is 35.0 Å². The van der Waals surface area contributed by atoms with Crippen LogP contribution in [0.5, 0.6) is 5.75 Å². The molecule has 0 unspecified atom stereocenters. The van der Waals surface area contributed by atoms with Crippen LogP contribution >= 0.6 is 11.6 Å². The highest BCUT2D eigenvalue weighted by atomic mass is 35.5. The number of hydrogen-bond donors (Lipinski definition) is 2. The van der Waals surface area contributed by atoms with Gasteiger partial charge in [-0.2, -0.15) is 5.10 Å². The lowest BCUT2D eigenvalue weighted by atomic mass is 10.2. The summed E-state index contributed by atoms with van der Waals surface area (Å²) in [6.45, 7) is 4.24. The minimum absolute atomic E-state index is 0.325. The summed E-state index contributed by atoms with van der Waals surface area (Å²) in [6.07, 6.45) is 1.73. The number of anilines is 1. The van der Waals surface area contributed by atoms with Crippen LogP contribution in [0, 0.1) is 0 Å². The molecular weight excluding hydrogens is 390 g/mol. The van der Waals surface area contributed by atoms with E-state index >= 15 is 0 Å². The molecule has 4 rings (SSSR count). The van der Waals surface area contributed by atoms with Crippen molar-refractivity contribution >= 4 is 34.4 Å². The normalized spacial score (nSPS) is 10.8. The van der Waals surface area contributed by atoms with Gasteiger partial charge in [-0.1, -0.05) is 29.8 Å². The van der Waals surface area contributed by atoms with Crippen molar-refractivity contribution in [2.24, 2.45) is 0 Å². The molecule has 8 heteroatoms. The Bertz CT molecular complexity index is 1180. The van der Waals surface area contributed by atoms with Crippen molar-refractivity contribution in [1.82, 2.24) is 19.7 Å². The third-order valence-corrected chi connectivity index (χ3v) is 4.66. The second kappa shape index (κ2) is 7.81. The Hall–Kier alpha value is -3.58. The number of carbonyl (C=O) groups excluding carboxylic acids is 1. The molecule has 2 aromatic heterocycles. The van der Waals surface area contributed by atoms with Crippen LogP contribution in [0.1, 0.15) is 10.4 Å². The van der Waals surface area contributed by atoms with E-state index < -0.39 is 0 Å². The lowest BCUT2D eigenvalue weighted by molar-refractivity contribution is 0.102. The Balaban J connectivity index is 1.64. The molecule has 0 fully saturated rings. The summed E-state index contributed by atoms with van der Waals surface area (Å²) in [4.78, 5) is 20.5. The van der Waals surface area contributed by atoms with Gasteiger partial charge in [0.05, 0.1) is 29.7 Å². The smallest absolute Gasteiger partial charge is 0.256 e. The van der Waals surface area contributed by atoms with Crippen LogP contribution < -0.4 is 10.1 Å². The molecule has 29 heavy (non-hydrogen) atoms. The van der Waals surface area contributed by atoms with Gasteiger partial charge in [0.1, 0.15) is 11.4 Å². The molecule has 2 aromatic carbocycles. The first-order chi connectivity index (χ1) is 14.1. The van der Waals surface area contributed by atoms with Crippen LogP contribution in [0.3, 0.4) is 0 Å². The Morgan fingerprint density at radius 1 is 1.31 bits per heavy atom. The van der Waals surface area contributed by atoms with Crippen LogP contribution in [0.15, 0.2) is 61.2 Å². The lowest BCUT2D eigenvalue weighted by Crippen LogP contribution is -2.12. The molecule has 0 bridgehead atoms. The molecule has 0 aliphatic carbocycles. The molecule has 4 aromatic rings. The Morgan fingerprint density at radius 3 is 2.86 bits per heavy atom. The molecule has 7 nitrogen and oxygen atoms in total. The first-order valence-corrected chi connectivity index (χ1v) is 9.25. The SMILES string of the molecule is C=CCn1nc(NC(=O)c2ccc(OC)c(Cl)c2)cc1-c1nc2ccccc2[nH]1. The average Bonchev–Trinajstić information content (AvgIpc) is 3.31. The number of nitrogens with one attached hydrogen (secondary N) is 2. The van der Waals surface area contributed by atoms with Gasteiger partial charge in [-0.25, -0.2) is 4.98 Å². The summed E-state index contributed by atoms with van der Waals surface area (Å²) < 4.78 is 6.84. The number of methoxy groups -OCH3 is 1. The zero-order valence-corrected chi connectivity index (χ0v) is 16.4. The van der Waals surface area contributed by atoms with Crippen molar-refractivity contribution < 1.29 is 9.53 Å². The van der Waals surface area contributed by atoms with Gasteiger partial charge in [-0.3, -0.25) is 9.48 Å². The van der Waals surface area contributed by atoms with Crippen molar-refractivity contribution in [2.75, 3.05) is 12.4 Å². The zero-order valence-electron chi connectivity index (χ0n) is 15.6. The number of amides is 1. The Labute approximate surface area is 172 Å². The molecule has 1 amide bonds. The van der Waals surface area contributed by atoms with E-state index in [4.69, 9.17) is 16.3 Å². The van der Waals surface area contributed by atoms with E-state index in [1.165, 1.54) is 7.11 Å². The second-order valence-corrected chi connectivity index (χ2v) is 6.70. The number of halogens is 1. The molecule has 0 saturated heterocycles. The summed E-state index contributed by atoms with van der Waals surface area (Å²) in [6, 6.07) is 14.4. The van der Waals surface area contributed by atoms with Gasteiger partial charge in [0.25, 0.3) is 5.91 Å². The van der Waals surface area contributed by atoms with Crippen molar-refractivity contribution in [3.05, 3.63) is 71.8 Å². The third kappa shape index (κ3) is 3.72. The monoisotopic (exact) mass is 407 g/mol. The van der Waals surface area contributed by atoms with Gasteiger partial charge in [0, 0.05) is 11.6 Å². The minimum Gasteiger partial charge on any atom is -0.495 e. The first-order valence-electron chi connectivity index (χ1n) is 8.88. The van der Waals surface area contributed by atoms with Gasteiger partial charge < -0.3 is 15.0 Å². The van der Waals surface area contributed by atoms with E-state index in [0.29, 0.717) is 34.5 Å². The lowest BCUT2D eigenvalue weighted by Gasteiger charge is -2.06. The number of carbonyl (C=O) groups is 1. The fourth-order valence-electron chi connectivity index (χ4n) is 3.00. The van der Waals surface area contributed by atoms with Crippen molar-refractivity contribution in [2.45, 2.75) is 6.54 Å². The summed E-state index contributed by atoms with van der Waals surface area (Å²) >= 11 is 6.12. The largest absolute Gasteiger partial charge is 0.495 e.